The maximum atomic E-state index is 11.8. The van der Waals surface area contributed by atoms with E-state index in [2.05, 4.69) is 0 Å². The van der Waals surface area contributed by atoms with E-state index >= 15 is 0 Å². The van der Waals surface area contributed by atoms with Gasteiger partial charge in [-0.15, -0.1) is 0 Å². The summed E-state index contributed by atoms with van der Waals surface area (Å²) in [6, 6.07) is 3.94. The van der Waals surface area contributed by atoms with Crippen LogP contribution >= 0.6 is 0 Å². The third-order valence-corrected chi connectivity index (χ3v) is 3.03. The summed E-state index contributed by atoms with van der Waals surface area (Å²) < 4.78 is 10.5. The van der Waals surface area contributed by atoms with Crippen LogP contribution in [-0.2, 0) is 4.74 Å². The first-order valence-electron chi connectivity index (χ1n) is 5.90. The van der Waals surface area contributed by atoms with Gasteiger partial charge in [-0.05, 0) is 31.0 Å². The molecule has 1 atom stereocenters. The number of nitrogens with two attached hydrogens (primary N) is 1. The van der Waals surface area contributed by atoms with Crippen LogP contribution in [0.5, 0.6) is 5.75 Å². The van der Waals surface area contributed by atoms with Crippen LogP contribution in [0.15, 0.2) is 12.1 Å². The second-order valence-electron chi connectivity index (χ2n) is 4.49. The fourth-order valence-corrected chi connectivity index (χ4v) is 2.24. The van der Waals surface area contributed by atoms with Crippen molar-refractivity contribution in [1.29, 1.82) is 0 Å². The smallest absolute Gasteiger partial charge is 0.414 e. The highest BCUT2D eigenvalue weighted by Gasteiger charge is 2.33. The van der Waals surface area contributed by atoms with Gasteiger partial charge in [0, 0.05) is 6.54 Å². The summed E-state index contributed by atoms with van der Waals surface area (Å²) >= 11 is 0. The average molecular weight is 250 g/mol. The van der Waals surface area contributed by atoms with E-state index in [-0.39, 0.29) is 12.2 Å². The molecule has 1 aliphatic rings. The van der Waals surface area contributed by atoms with E-state index < -0.39 is 0 Å². The predicted molar refractivity (Wildman–Crippen MR) is 69.1 cm³/mol. The van der Waals surface area contributed by atoms with Gasteiger partial charge in [0.25, 0.3) is 0 Å². The van der Waals surface area contributed by atoms with E-state index in [1.807, 2.05) is 26.0 Å². The highest BCUT2D eigenvalue weighted by atomic mass is 16.6. The van der Waals surface area contributed by atoms with Crippen LogP contribution < -0.4 is 15.4 Å². The number of methoxy groups -OCH3 is 1. The molecule has 1 saturated heterocycles. The zero-order valence-electron chi connectivity index (χ0n) is 10.9. The molecular weight excluding hydrogens is 232 g/mol. The fourth-order valence-electron chi connectivity index (χ4n) is 2.24. The lowest BCUT2D eigenvalue weighted by Crippen LogP contribution is -2.27. The monoisotopic (exact) mass is 250 g/mol. The number of benzene rings is 1. The summed E-state index contributed by atoms with van der Waals surface area (Å²) in [6.45, 7) is 4.73. The number of cyclic esters (lactones) is 1. The number of carbonyl (C=O) groups excluding carboxylic acids is 1. The normalized spacial score (nSPS) is 19.0. The molecule has 0 saturated carbocycles. The molecule has 2 rings (SSSR count). The predicted octanol–water partition coefficient (Wildman–Crippen LogP) is 1.60. The maximum Gasteiger partial charge on any atom is 0.414 e. The van der Waals surface area contributed by atoms with Crippen LogP contribution in [0.1, 0.15) is 11.1 Å². The minimum Gasteiger partial charge on any atom is -0.494 e. The molecule has 5 nitrogen and oxygen atoms in total. The molecule has 0 radical (unpaired) electrons. The van der Waals surface area contributed by atoms with Crippen molar-refractivity contribution in [1.82, 2.24) is 0 Å². The van der Waals surface area contributed by atoms with Crippen LogP contribution in [0.3, 0.4) is 0 Å². The van der Waals surface area contributed by atoms with Crippen molar-refractivity contribution in [3.05, 3.63) is 23.3 Å². The molecule has 0 spiro atoms. The fraction of sp³-hybridized carbons (Fsp3) is 0.462. The Bertz CT molecular complexity index is 474. The van der Waals surface area contributed by atoms with Crippen LogP contribution in [-0.4, -0.2) is 32.4 Å². The number of aryl methyl sites for hydroxylation is 2. The van der Waals surface area contributed by atoms with E-state index in [4.69, 9.17) is 15.2 Å². The van der Waals surface area contributed by atoms with E-state index in [9.17, 15) is 4.79 Å². The first-order valence-corrected chi connectivity index (χ1v) is 5.90. The molecule has 1 fully saturated rings. The summed E-state index contributed by atoms with van der Waals surface area (Å²) in [5.74, 6) is 0.704. The molecule has 5 heteroatoms. The van der Waals surface area contributed by atoms with E-state index in [0.717, 1.165) is 16.8 Å². The SMILES string of the molecule is COc1c(C)cc(C)cc1N1CC(CN)OC1=O. The molecule has 18 heavy (non-hydrogen) atoms. The van der Waals surface area contributed by atoms with E-state index in [0.29, 0.717) is 18.8 Å². The van der Waals surface area contributed by atoms with Crippen molar-refractivity contribution in [2.24, 2.45) is 5.73 Å². The van der Waals surface area contributed by atoms with Gasteiger partial charge >= 0.3 is 6.09 Å². The van der Waals surface area contributed by atoms with Gasteiger partial charge in [-0.2, -0.15) is 0 Å². The van der Waals surface area contributed by atoms with Crippen LogP contribution in [0, 0.1) is 13.8 Å². The summed E-state index contributed by atoms with van der Waals surface area (Å²) in [5, 5.41) is 0. The number of ether oxygens (including phenoxy) is 2. The molecule has 1 aliphatic heterocycles. The quantitative estimate of drug-likeness (QED) is 0.885. The number of hydrogen-bond donors (Lipinski definition) is 1. The Balaban J connectivity index is 2.41. The number of rotatable bonds is 3. The molecule has 1 aromatic carbocycles. The van der Waals surface area contributed by atoms with Crippen molar-refractivity contribution < 1.29 is 14.3 Å². The summed E-state index contributed by atoms with van der Waals surface area (Å²) in [7, 11) is 1.60. The van der Waals surface area contributed by atoms with Crippen molar-refractivity contribution in [2.75, 3.05) is 25.1 Å². The zero-order chi connectivity index (χ0) is 13.3. The number of anilines is 1. The lowest BCUT2D eigenvalue weighted by molar-refractivity contribution is 0.145. The minimum absolute atomic E-state index is 0.247. The van der Waals surface area contributed by atoms with Crippen molar-refractivity contribution in [3.63, 3.8) is 0 Å². The highest BCUT2D eigenvalue weighted by Crippen LogP contribution is 2.35. The molecule has 1 amide bonds. The van der Waals surface area contributed by atoms with Gasteiger partial charge in [0.15, 0.2) is 0 Å². The van der Waals surface area contributed by atoms with Crippen LogP contribution in [0.25, 0.3) is 0 Å². The van der Waals surface area contributed by atoms with Crippen molar-refractivity contribution >= 4 is 11.8 Å². The lowest BCUT2D eigenvalue weighted by atomic mass is 10.1. The molecule has 0 bridgehead atoms. The first kappa shape index (κ1) is 12.7. The Labute approximate surface area is 106 Å². The standard InChI is InChI=1S/C13H18N2O3/c1-8-4-9(2)12(17-3)11(5-8)15-7-10(6-14)18-13(15)16/h4-5,10H,6-7,14H2,1-3H3. The highest BCUT2D eigenvalue weighted by molar-refractivity contribution is 5.92. The Morgan fingerprint density at radius 1 is 1.50 bits per heavy atom. The van der Waals surface area contributed by atoms with Gasteiger partial charge in [0.1, 0.15) is 11.9 Å². The third kappa shape index (κ3) is 2.13. The second-order valence-corrected chi connectivity index (χ2v) is 4.49. The Kier molecular flexibility index (Phi) is 3.43. The minimum atomic E-state index is -0.367. The largest absolute Gasteiger partial charge is 0.494 e. The van der Waals surface area contributed by atoms with Gasteiger partial charge in [0.05, 0.1) is 19.3 Å². The van der Waals surface area contributed by atoms with Crippen LogP contribution in [0.4, 0.5) is 10.5 Å². The van der Waals surface area contributed by atoms with Crippen molar-refractivity contribution in [2.45, 2.75) is 20.0 Å². The van der Waals surface area contributed by atoms with E-state index in [1.54, 1.807) is 12.0 Å². The van der Waals surface area contributed by atoms with Gasteiger partial charge in [0.2, 0.25) is 0 Å². The number of amides is 1. The lowest BCUT2D eigenvalue weighted by Gasteiger charge is -2.19. The second kappa shape index (κ2) is 4.86. The van der Waals surface area contributed by atoms with Gasteiger partial charge in [-0.25, -0.2) is 4.79 Å². The van der Waals surface area contributed by atoms with Crippen molar-refractivity contribution in [3.8, 4) is 5.75 Å². The molecule has 1 unspecified atom stereocenters. The molecule has 0 aliphatic carbocycles. The number of hydrogen-bond acceptors (Lipinski definition) is 4. The molecule has 1 heterocycles. The maximum absolute atomic E-state index is 11.8. The van der Waals surface area contributed by atoms with Gasteiger partial charge < -0.3 is 15.2 Å². The summed E-state index contributed by atoms with van der Waals surface area (Å²) in [4.78, 5) is 13.4. The molecule has 1 aromatic rings. The number of nitrogens with zero attached hydrogens (tertiary/aromatic N) is 1. The van der Waals surface area contributed by atoms with Gasteiger partial charge in [-0.1, -0.05) is 6.07 Å². The average Bonchev–Trinajstić information content (AvgIpc) is 2.69. The molecule has 2 N–H and O–H groups in total. The first-order chi connectivity index (χ1) is 8.56. The van der Waals surface area contributed by atoms with E-state index in [1.165, 1.54) is 0 Å². The summed E-state index contributed by atoms with van der Waals surface area (Å²) in [5.41, 5.74) is 8.35. The Morgan fingerprint density at radius 3 is 2.78 bits per heavy atom. The van der Waals surface area contributed by atoms with Gasteiger partial charge in [-0.3, -0.25) is 4.90 Å². The molecule has 98 valence electrons. The number of carbonyl (C=O) groups is 1. The summed E-state index contributed by atoms with van der Waals surface area (Å²) in [6.07, 6.45) is -0.614. The Morgan fingerprint density at radius 2 is 2.22 bits per heavy atom. The topological polar surface area (TPSA) is 64.8 Å². The third-order valence-electron chi connectivity index (χ3n) is 3.03. The Hall–Kier alpha value is -1.75. The molecular formula is C13H18N2O3. The molecule has 0 aromatic heterocycles. The zero-order valence-corrected chi connectivity index (χ0v) is 10.9. The van der Waals surface area contributed by atoms with Crippen LogP contribution in [0.2, 0.25) is 0 Å².